The summed E-state index contributed by atoms with van der Waals surface area (Å²) in [4.78, 5) is 2.39. The van der Waals surface area contributed by atoms with Crippen molar-refractivity contribution in [2.75, 3.05) is 19.6 Å². The van der Waals surface area contributed by atoms with Crippen LogP contribution in [0.5, 0.6) is 0 Å². The summed E-state index contributed by atoms with van der Waals surface area (Å²) in [6, 6.07) is 4.02. The van der Waals surface area contributed by atoms with Gasteiger partial charge in [-0.25, -0.2) is 0 Å². The molecule has 1 N–H and O–H groups in total. The average molecular weight is 365 g/mol. The van der Waals surface area contributed by atoms with Gasteiger partial charge < -0.3 is 10.2 Å². The van der Waals surface area contributed by atoms with Crippen molar-refractivity contribution in [1.29, 1.82) is 0 Å². The minimum atomic E-state index is -4.30. The minimum Gasteiger partial charge on any atom is -0.309 e. The maximum Gasteiger partial charge on any atom is 0.416 e. The van der Waals surface area contributed by atoms with Crippen LogP contribution in [0.15, 0.2) is 22.7 Å². The fraction of sp³-hybridized carbons (Fsp3) is 0.600. The number of hydrogen-bond acceptors (Lipinski definition) is 2. The normalized spacial score (nSPS) is 18.1. The number of halogens is 4. The summed E-state index contributed by atoms with van der Waals surface area (Å²) in [5.74, 6) is 0. The maximum atomic E-state index is 12.7. The molecule has 6 heteroatoms. The van der Waals surface area contributed by atoms with Crippen LogP contribution in [-0.2, 0) is 12.7 Å². The predicted molar refractivity (Wildman–Crippen MR) is 81.1 cm³/mol. The molecule has 21 heavy (non-hydrogen) atoms. The second-order valence-electron chi connectivity index (χ2n) is 5.59. The Balaban J connectivity index is 1.92. The van der Waals surface area contributed by atoms with Gasteiger partial charge in [-0.1, -0.05) is 15.9 Å². The van der Waals surface area contributed by atoms with E-state index in [-0.39, 0.29) is 6.04 Å². The van der Waals surface area contributed by atoms with Crippen LogP contribution in [0.1, 0.15) is 30.9 Å². The summed E-state index contributed by atoms with van der Waals surface area (Å²) in [7, 11) is 0. The van der Waals surface area contributed by atoms with Crippen LogP contribution in [0, 0.1) is 0 Å². The molecule has 0 saturated carbocycles. The zero-order valence-electron chi connectivity index (χ0n) is 12.0. The molecule has 1 aliphatic rings. The number of hydrogen-bond donors (Lipinski definition) is 1. The van der Waals surface area contributed by atoms with Crippen molar-refractivity contribution in [3.8, 4) is 0 Å². The van der Waals surface area contributed by atoms with Crippen LogP contribution in [0.2, 0.25) is 0 Å². The Hall–Kier alpha value is -0.590. The lowest BCUT2D eigenvalue weighted by atomic mass is 10.1. The summed E-state index contributed by atoms with van der Waals surface area (Å²) < 4.78 is 38.9. The highest BCUT2D eigenvalue weighted by atomic mass is 79.9. The van der Waals surface area contributed by atoms with Crippen LogP contribution >= 0.6 is 15.9 Å². The van der Waals surface area contributed by atoms with Gasteiger partial charge in [-0.15, -0.1) is 0 Å². The van der Waals surface area contributed by atoms with E-state index in [0.717, 1.165) is 25.7 Å². The number of benzene rings is 1. The standard InChI is InChI=1S/C15H20BrF3N2/c1-11(10-21-6-2-3-7-21)20-9-12-8-13(15(17,18)19)4-5-14(12)16/h4-5,8,11,20H,2-3,6-7,9-10H2,1H3. The van der Waals surface area contributed by atoms with Crippen molar-refractivity contribution in [1.82, 2.24) is 10.2 Å². The molecule has 0 radical (unpaired) electrons. The van der Waals surface area contributed by atoms with Crippen molar-refractivity contribution in [2.45, 2.75) is 38.5 Å². The third kappa shape index (κ3) is 4.97. The van der Waals surface area contributed by atoms with Gasteiger partial charge in [-0.05, 0) is 56.6 Å². The summed E-state index contributed by atoms with van der Waals surface area (Å²) in [6.07, 6.45) is -1.81. The van der Waals surface area contributed by atoms with E-state index >= 15 is 0 Å². The molecular weight excluding hydrogens is 345 g/mol. The number of nitrogens with zero attached hydrogens (tertiary/aromatic N) is 1. The Bertz CT molecular complexity index is 470. The van der Waals surface area contributed by atoms with E-state index in [1.807, 2.05) is 0 Å². The predicted octanol–water partition coefficient (Wildman–Crippen LogP) is 4.04. The summed E-state index contributed by atoms with van der Waals surface area (Å²) in [5.41, 5.74) is 0.0350. The number of nitrogens with one attached hydrogen (secondary N) is 1. The molecule has 0 bridgehead atoms. The molecule has 1 heterocycles. The van der Waals surface area contributed by atoms with Gasteiger partial charge in [0, 0.05) is 23.6 Å². The highest BCUT2D eigenvalue weighted by Crippen LogP contribution is 2.31. The van der Waals surface area contributed by atoms with Gasteiger partial charge in [0.15, 0.2) is 0 Å². The quantitative estimate of drug-likeness (QED) is 0.847. The minimum absolute atomic E-state index is 0.254. The Labute approximate surface area is 131 Å². The van der Waals surface area contributed by atoms with E-state index in [4.69, 9.17) is 0 Å². The summed E-state index contributed by atoms with van der Waals surface area (Å²) >= 11 is 3.32. The van der Waals surface area contributed by atoms with Gasteiger partial charge in [0.05, 0.1) is 5.56 Å². The van der Waals surface area contributed by atoms with Gasteiger partial charge in [0.1, 0.15) is 0 Å². The number of rotatable bonds is 5. The third-order valence-corrected chi connectivity index (χ3v) is 4.52. The molecule has 2 nitrogen and oxygen atoms in total. The molecule has 2 rings (SSSR count). The van der Waals surface area contributed by atoms with Gasteiger partial charge in [-0.3, -0.25) is 0 Å². The van der Waals surface area contributed by atoms with Crippen molar-refractivity contribution < 1.29 is 13.2 Å². The first-order valence-electron chi connectivity index (χ1n) is 7.17. The molecular formula is C15H20BrF3N2. The summed E-state index contributed by atoms with van der Waals surface area (Å²) in [6.45, 7) is 5.69. The lowest BCUT2D eigenvalue weighted by Crippen LogP contribution is -2.37. The van der Waals surface area contributed by atoms with E-state index in [1.165, 1.54) is 25.0 Å². The molecule has 1 atom stereocenters. The van der Waals surface area contributed by atoms with E-state index in [1.54, 1.807) is 0 Å². The largest absolute Gasteiger partial charge is 0.416 e. The lowest BCUT2D eigenvalue weighted by Gasteiger charge is -2.21. The maximum absolute atomic E-state index is 12.7. The molecule has 0 aromatic heterocycles. The Kier molecular flexibility index (Phi) is 5.68. The highest BCUT2D eigenvalue weighted by molar-refractivity contribution is 9.10. The van der Waals surface area contributed by atoms with Gasteiger partial charge in [0.2, 0.25) is 0 Å². The van der Waals surface area contributed by atoms with Gasteiger partial charge in [0.25, 0.3) is 0 Å². The van der Waals surface area contributed by atoms with Crippen molar-refractivity contribution >= 4 is 15.9 Å². The topological polar surface area (TPSA) is 15.3 Å². The van der Waals surface area contributed by atoms with Crippen molar-refractivity contribution in [2.24, 2.45) is 0 Å². The fourth-order valence-corrected chi connectivity index (χ4v) is 2.97. The summed E-state index contributed by atoms with van der Waals surface area (Å²) in [5, 5.41) is 3.31. The molecule has 0 spiro atoms. The van der Waals surface area contributed by atoms with E-state index < -0.39 is 11.7 Å². The smallest absolute Gasteiger partial charge is 0.309 e. The average Bonchev–Trinajstić information content (AvgIpc) is 2.89. The fourth-order valence-electron chi connectivity index (χ4n) is 2.59. The Morgan fingerprint density at radius 3 is 2.57 bits per heavy atom. The molecule has 1 saturated heterocycles. The van der Waals surface area contributed by atoms with E-state index in [9.17, 15) is 13.2 Å². The Morgan fingerprint density at radius 2 is 1.95 bits per heavy atom. The third-order valence-electron chi connectivity index (χ3n) is 3.74. The zero-order valence-corrected chi connectivity index (χ0v) is 13.6. The lowest BCUT2D eigenvalue weighted by molar-refractivity contribution is -0.137. The van der Waals surface area contributed by atoms with Crippen LogP contribution in [0.25, 0.3) is 0 Å². The van der Waals surface area contributed by atoms with Crippen LogP contribution in [0.4, 0.5) is 13.2 Å². The van der Waals surface area contributed by atoms with E-state index in [0.29, 0.717) is 16.6 Å². The van der Waals surface area contributed by atoms with Crippen molar-refractivity contribution in [3.05, 3.63) is 33.8 Å². The first-order valence-corrected chi connectivity index (χ1v) is 7.97. The molecule has 1 fully saturated rings. The van der Waals surface area contributed by atoms with Crippen molar-refractivity contribution in [3.63, 3.8) is 0 Å². The van der Waals surface area contributed by atoms with Gasteiger partial charge in [-0.2, -0.15) is 13.2 Å². The first-order chi connectivity index (χ1) is 9.86. The molecule has 118 valence electrons. The molecule has 1 aromatic rings. The highest BCUT2D eigenvalue weighted by Gasteiger charge is 2.30. The Morgan fingerprint density at radius 1 is 1.29 bits per heavy atom. The molecule has 1 unspecified atom stereocenters. The molecule has 0 aliphatic carbocycles. The molecule has 1 aliphatic heterocycles. The van der Waals surface area contributed by atoms with Gasteiger partial charge >= 0.3 is 6.18 Å². The molecule has 1 aromatic carbocycles. The molecule has 0 amide bonds. The number of alkyl halides is 3. The number of likely N-dealkylation sites (tertiary alicyclic amines) is 1. The monoisotopic (exact) mass is 364 g/mol. The van der Waals surface area contributed by atoms with Crippen LogP contribution in [0.3, 0.4) is 0 Å². The first kappa shape index (κ1) is 16.8. The zero-order chi connectivity index (χ0) is 15.5. The second-order valence-corrected chi connectivity index (χ2v) is 6.45. The second kappa shape index (κ2) is 7.11. The van der Waals surface area contributed by atoms with Crippen LogP contribution in [-0.4, -0.2) is 30.6 Å². The SMILES string of the molecule is CC(CN1CCCC1)NCc1cc(C(F)(F)F)ccc1Br. The van der Waals surface area contributed by atoms with E-state index in [2.05, 4.69) is 33.1 Å². The van der Waals surface area contributed by atoms with Crippen LogP contribution < -0.4 is 5.32 Å².